The summed E-state index contributed by atoms with van der Waals surface area (Å²) in [7, 11) is 1.64. The number of hydrogen-bond donors (Lipinski definition) is 0. The molecule has 27 heavy (non-hydrogen) atoms. The lowest BCUT2D eigenvalue weighted by molar-refractivity contribution is 0.0725. The summed E-state index contributed by atoms with van der Waals surface area (Å²) in [6.45, 7) is 5.10. The van der Waals surface area contributed by atoms with E-state index < -0.39 is 0 Å². The van der Waals surface area contributed by atoms with E-state index in [0.717, 1.165) is 17.0 Å². The summed E-state index contributed by atoms with van der Waals surface area (Å²) in [6.07, 6.45) is 1.06. The molecule has 0 atom stereocenters. The standard InChI is InChI=1S/C18H21N5O4/c1-11-14(12(2)27-20-11)10-13-4-5-15(26-13)17(24)22-7-6-16-19-21(3)18(25)23(16)9-8-22/h4-5H,6-10H2,1-3H3. The van der Waals surface area contributed by atoms with Gasteiger partial charge in [0.25, 0.3) is 5.91 Å². The minimum Gasteiger partial charge on any atom is -0.456 e. The van der Waals surface area contributed by atoms with Crippen molar-refractivity contribution in [3.05, 3.63) is 57.0 Å². The van der Waals surface area contributed by atoms with Crippen LogP contribution >= 0.6 is 0 Å². The number of hydrogen-bond acceptors (Lipinski definition) is 6. The molecule has 1 aliphatic heterocycles. The summed E-state index contributed by atoms with van der Waals surface area (Å²) in [5.74, 6) is 2.26. The lowest BCUT2D eigenvalue weighted by Gasteiger charge is -2.18. The fourth-order valence-electron chi connectivity index (χ4n) is 3.41. The Morgan fingerprint density at radius 1 is 1.22 bits per heavy atom. The largest absolute Gasteiger partial charge is 0.456 e. The van der Waals surface area contributed by atoms with E-state index >= 15 is 0 Å². The minimum absolute atomic E-state index is 0.154. The highest BCUT2D eigenvalue weighted by atomic mass is 16.5. The predicted molar refractivity (Wildman–Crippen MR) is 94.6 cm³/mol. The summed E-state index contributed by atoms with van der Waals surface area (Å²) >= 11 is 0. The first kappa shape index (κ1) is 17.3. The first-order valence-electron chi connectivity index (χ1n) is 8.86. The minimum atomic E-state index is -0.178. The van der Waals surface area contributed by atoms with Gasteiger partial charge in [0, 0.05) is 45.1 Å². The molecule has 9 nitrogen and oxygen atoms in total. The summed E-state index contributed by atoms with van der Waals surface area (Å²) in [5.41, 5.74) is 1.64. The number of furan rings is 1. The molecule has 1 amide bonds. The van der Waals surface area contributed by atoms with Crippen molar-refractivity contribution in [1.29, 1.82) is 0 Å². The van der Waals surface area contributed by atoms with Gasteiger partial charge in [-0.2, -0.15) is 5.10 Å². The van der Waals surface area contributed by atoms with E-state index in [9.17, 15) is 9.59 Å². The number of fused-ring (bicyclic) bond motifs is 1. The third kappa shape index (κ3) is 3.09. The van der Waals surface area contributed by atoms with Crippen molar-refractivity contribution in [2.75, 3.05) is 13.1 Å². The molecule has 0 radical (unpaired) electrons. The number of amides is 1. The first-order chi connectivity index (χ1) is 12.9. The van der Waals surface area contributed by atoms with Crippen LogP contribution in [0.5, 0.6) is 0 Å². The van der Waals surface area contributed by atoms with Gasteiger partial charge in [-0.1, -0.05) is 5.16 Å². The molecule has 0 spiro atoms. The van der Waals surface area contributed by atoms with E-state index in [1.807, 2.05) is 13.8 Å². The maximum Gasteiger partial charge on any atom is 0.345 e. The number of aryl methyl sites for hydroxylation is 3. The van der Waals surface area contributed by atoms with Crippen LogP contribution < -0.4 is 5.69 Å². The molecule has 0 N–H and O–H groups in total. The van der Waals surface area contributed by atoms with E-state index in [2.05, 4.69) is 10.3 Å². The van der Waals surface area contributed by atoms with Crippen LogP contribution in [0.1, 0.15) is 39.2 Å². The van der Waals surface area contributed by atoms with Crippen LogP contribution in [0.2, 0.25) is 0 Å². The van der Waals surface area contributed by atoms with Crippen LogP contribution in [0.4, 0.5) is 0 Å². The van der Waals surface area contributed by atoms with Gasteiger partial charge in [0.2, 0.25) is 0 Å². The quantitative estimate of drug-likeness (QED) is 0.683. The molecule has 0 unspecified atom stereocenters. The van der Waals surface area contributed by atoms with Crippen LogP contribution in [0, 0.1) is 13.8 Å². The van der Waals surface area contributed by atoms with Gasteiger partial charge in [0.05, 0.1) is 5.69 Å². The number of rotatable bonds is 3. The second-order valence-corrected chi connectivity index (χ2v) is 6.76. The van der Waals surface area contributed by atoms with Gasteiger partial charge >= 0.3 is 5.69 Å². The Hall–Kier alpha value is -3.10. The van der Waals surface area contributed by atoms with Crippen molar-refractivity contribution in [2.24, 2.45) is 7.05 Å². The molecule has 0 fully saturated rings. The van der Waals surface area contributed by atoms with E-state index in [1.54, 1.807) is 28.6 Å². The molecular weight excluding hydrogens is 350 g/mol. The fourth-order valence-corrected chi connectivity index (χ4v) is 3.41. The Labute approximate surface area is 155 Å². The first-order valence-corrected chi connectivity index (χ1v) is 8.86. The Morgan fingerprint density at radius 2 is 2.04 bits per heavy atom. The average molecular weight is 371 g/mol. The van der Waals surface area contributed by atoms with Crippen molar-refractivity contribution in [1.82, 2.24) is 24.4 Å². The Balaban J connectivity index is 1.48. The van der Waals surface area contributed by atoms with Crippen LogP contribution in [0.15, 0.2) is 25.9 Å². The number of nitrogens with zero attached hydrogens (tertiary/aromatic N) is 5. The lowest BCUT2D eigenvalue weighted by Crippen LogP contribution is -2.34. The predicted octanol–water partition coefficient (Wildman–Crippen LogP) is 1.07. The smallest absolute Gasteiger partial charge is 0.345 e. The van der Waals surface area contributed by atoms with Gasteiger partial charge in [-0.25, -0.2) is 9.48 Å². The zero-order valence-electron chi connectivity index (χ0n) is 15.6. The van der Waals surface area contributed by atoms with Crippen LogP contribution in [0.3, 0.4) is 0 Å². The zero-order valence-corrected chi connectivity index (χ0v) is 15.6. The summed E-state index contributed by atoms with van der Waals surface area (Å²) < 4.78 is 13.9. The fraction of sp³-hybridized carbons (Fsp3) is 0.444. The molecular formula is C18H21N5O4. The molecule has 0 saturated heterocycles. The van der Waals surface area contributed by atoms with Gasteiger partial charge < -0.3 is 13.8 Å². The molecule has 3 aromatic heterocycles. The Morgan fingerprint density at radius 3 is 2.78 bits per heavy atom. The van der Waals surface area contributed by atoms with E-state index in [0.29, 0.717) is 49.8 Å². The molecule has 0 aromatic carbocycles. The highest BCUT2D eigenvalue weighted by Crippen LogP contribution is 2.20. The Kier molecular flexibility index (Phi) is 4.21. The molecule has 1 aliphatic rings. The van der Waals surface area contributed by atoms with Crippen molar-refractivity contribution in [3.63, 3.8) is 0 Å². The van der Waals surface area contributed by atoms with Crippen molar-refractivity contribution >= 4 is 5.91 Å². The van der Waals surface area contributed by atoms with E-state index in [4.69, 9.17) is 8.94 Å². The van der Waals surface area contributed by atoms with Crippen LogP contribution in [-0.2, 0) is 26.4 Å². The molecule has 9 heteroatoms. The summed E-state index contributed by atoms with van der Waals surface area (Å²) in [4.78, 5) is 26.6. The van der Waals surface area contributed by atoms with Gasteiger partial charge in [-0.05, 0) is 26.0 Å². The van der Waals surface area contributed by atoms with Crippen LogP contribution in [0.25, 0.3) is 0 Å². The lowest BCUT2D eigenvalue weighted by atomic mass is 10.1. The maximum atomic E-state index is 12.8. The van der Waals surface area contributed by atoms with Gasteiger partial charge in [0.1, 0.15) is 17.3 Å². The third-order valence-electron chi connectivity index (χ3n) is 4.98. The van der Waals surface area contributed by atoms with E-state index in [-0.39, 0.29) is 11.6 Å². The van der Waals surface area contributed by atoms with Crippen LogP contribution in [-0.4, -0.2) is 43.4 Å². The number of carbonyl (C=O) groups excluding carboxylic acids is 1. The SMILES string of the molecule is Cc1noc(C)c1Cc1ccc(C(=O)N2CCc3nn(C)c(=O)n3CC2)o1. The Bertz CT molecular complexity index is 1030. The van der Waals surface area contributed by atoms with E-state index in [1.165, 1.54) is 4.68 Å². The second kappa shape index (κ2) is 6.57. The van der Waals surface area contributed by atoms with Crippen molar-refractivity contribution < 1.29 is 13.7 Å². The molecule has 3 aromatic rings. The van der Waals surface area contributed by atoms with Gasteiger partial charge in [-0.3, -0.25) is 9.36 Å². The highest BCUT2D eigenvalue weighted by Gasteiger charge is 2.24. The summed E-state index contributed by atoms with van der Waals surface area (Å²) in [6, 6.07) is 3.50. The van der Waals surface area contributed by atoms with Crippen molar-refractivity contribution in [2.45, 2.75) is 33.2 Å². The normalized spacial score (nSPS) is 14.3. The molecule has 4 heterocycles. The summed E-state index contributed by atoms with van der Waals surface area (Å²) in [5, 5.41) is 8.17. The second-order valence-electron chi connectivity index (χ2n) is 6.76. The third-order valence-corrected chi connectivity index (χ3v) is 4.98. The zero-order chi connectivity index (χ0) is 19.1. The molecule has 142 valence electrons. The van der Waals surface area contributed by atoms with Gasteiger partial charge in [0.15, 0.2) is 5.76 Å². The monoisotopic (exact) mass is 371 g/mol. The maximum absolute atomic E-state index is 12.8. The highest BCUT2D eigenvalue weighted by molar-refractivity contribution is 5.91. The molecule has 0 saturated carbocycles. The number of aromatic nitrogens is 4. The topological polar surface area (TPSA) is 99.3 Å². The molecule has 0 bridgehead atoms. The molecule has 0 aliphatic carbocycles. The molecule has 4 rings (SSSR count). The number of carbonyl (C=O) groups is 1. The van der Waals surface area contributed by atoms with Gasteiger partial charge in [-0.15, -0.1) is 0 Å². The van der Waals surface area contributed by atoms with Crippen molar-refractivity contribution in [3.8, 4) is 0 Å². The average Bonchev–Trinajstić information content (AvgIpc) is 3.26.